The van der Waals surface area contributed by atoms with Crippen LogP contribution in [-0.2, 0) is 6.42 Å². The molecular weight excluding hydrogens is 244 g/mol. The number of hydrogen-bond donors (Lipinski definition) is 1. The van der Waals surface area contributed by atoms with Gasteiger partial charge >= 0.3 is 0 Å². The molecule has 1 atom stereocenters. The van der Waals surface area contributed by atoms with Gasteiger partial charge in [0.2, 0.25) is 0 Å². The largest absolute Gasteiger partial charge is 0.488 e. The third-order valence-electron chi connectivity index (χ3n) is 3.22. The molecule has 1 aromatic carbocycles. The molecule has 0 aliphatic carbocycles. The van der Waals surface area contributed by atoms with Crippen molar-refractivity contribution in [1.82, 2.24) is 4.98 Å². The number of anilines is 1. The van der Waals surface area contributed by atoms with Gasteiger partial charge in [-0.05, 0) is 25.5 Å². The molecule has 2 heterocycles. The first kappa shape index (κ1) is 11.5. The molecule has 3 rings (SSSR count). The predicted octanol–water partition coefficient (Wildman–Crippen LogP) is 3.18. The Hall–Kier alpha value is -1.55. The minimum atomic E-state index is 0.215. The lowest BCUT2D eigenvalue weighted by Crippen LogP contribution is -2.23. The molecule has 3 nitrogen and oxygen atoms in total. The molecule has 0 saturated carbocycles. The highest BCUT2D eigenvalue weighted by molar-refractivity contribution is 7.15. The minimum Gasteiger partial charge on any atom is -0.488 e. The monoisotopic (exact) mass is 260 g/mol. The van der Waals surface area contributed by atoms with Crippen LogP contribution in [0.1, 0.15) is 16.1 Å². The molecule has 1 aliphatic heterocycles. The zero-order chi connectivity index (χ0) is 12.5. The Kier molecular flexibility index (Phi) is 2.96. The van der Waals surface area contributed by atoms with Crippen molar-refractivity contribution in [3.05, 3.63) is 40.4 Å². The van der Waals surface area contributed by atoms with Crippen LogP contribution in [0.4, 0.5) is 5.13 Å². The molecule has 1 N–H and O–H groups in total. The Morgan fingerprint density at radius 3 is 2.94 bits per heavy atom. The van der Waals surface area contributed by atoms with Crippen LogP contribution < -0.4 is 10.1 Å². The van der Waals surface area contributed by atoms with Crippen LogP contribution in [0.25, 0.3) is 0 Å². The number of aryl methyl sites for hydroxylation is 2. The number of hydrogen-bond acceptors (Lipinski definition) is 4. The molecular formula is C14H16N2OS. The molecule has 0 spiro atoms. The standard InChI is InChI=1S/C14H16N2OS/c1-9-10(2)18-14(16-9)15-8-12-7-11-5-3-4-6-13(11)17-12/h3-6,12H,7-8H2,1-2H3,(H,15,16). The zero-order valence-electron chi connectivity index (χ0n) is 10.6. The quantitative estimate of drug-likeness (QED) is 0.920. The second kappa shape index (κ2) is 4.61. The highest BCUT2D eigenvalue weighted by Crippen LogP contribution is 2.28. The fraction of sp³-hybridized carbons (Fsp3) is 0.357. The highest BCUT2D eigenvalue weighted by atomic mass is 32.1. The Morgan fingerprint density at radius 2 is 2.22 bits per heavy atom. The van der Waals surface area contributed by atoms with Gasteiger partial charge in [0.05, 0.1) is 12.2 Å². The topological polar surface area (TPSA) is 34.2 Å². The number of para-hydroxylation sites is 1. The number of thiazole rings is 1. The summed E-state index contributed by atoms with van der Waals surface area (Å²) in [7, 11) is 0. The molecule has 1 aromatic heterocycles. The summed E-state index contributed by atoms with van der Waals surface area (Å²) in [5.74, 6) is 1.02. The van der Waals surface area contributed by atoms with Crippen molar-refractivity contribution in [2.45, 2.75) is 26.4 Å². The minimum absolute atomic E-state index is 0.215. The molecule has 0 radical (unpaired) electrons. The number of rotatable bonds is 3. The number of nitrogens with one attached hydrogen (secondary N) is 1. The summed E-state index contributed by atoms with van der Waals surface area (Å²) >= 11 is 1.70. The lowest BCUT2D eigenvalue weighted by molar-refractivity contribution is 0.246. The van der Waals surface area contributed by atoms with Crippen molar-refractivity contribution in [3.8, 4) is 5.75 Å². The lowest BCUT2D eigenvalue weighted by Gasteiger charge is -2.10. The van der Waals surface area contributed by atoms with Gasteiger partial charge in [-0.2, -0.15) is 0 Å². The van der Waals surface area contributed by atoms with Gasteiger partial charge in [0.15, 0.2) is 5.13 Å². The summed E-state index contributed by atoms with van der Waals surface area (Å²) in [4.78, 5) is 5.74. The number of benzene rings is 1. The van der Waals surface area contributed by atoms with Gasteiger partial charge in [-0.1, -0.05) is 18.2 Å². The molecule has 18 heavy (non-hydrogen) atoms. The lowest BCUT2D eigenvalue weighted by atomic mass is 10.1. The Bertz CT molecular complexity index is 520. The maximum atomic E-state index is 5.88. The second-order valence-corrected chi connectivity index (χ2v) is 5.80. The van der Waals surface area contributed by atoms with Crippen LogP contribution in [0.5, 0.6) is 5.75 Å². The van der Waals surface area contributed by atoms with Gasteiger partial charge in [0.25, 0.3) is 0 Å². The van der Waals surface area contributed by atoms with Crippen LogP contribution in [0.3, 0.4) is 0 Å². The third-order valence-corrected chi connectivity index (χ3v) is 4.25. The third kappa shape index (κ3) is 2.20. The van der Waals surface area contributed by atoms with Crippen molar-refractivity contribution >= 4 is 16.5 Å². The number of fused-ring (bicyclic) bond motifs is 1. The number of aromatic nitrogens is 1. The summed E-state index contributed by atoms with van der Waals surface area (Å²) in [5, 5.41) is 4.36. The summed E-state index contributed by atoms with van der Waals surface area (Å²) < 4.78 is 5.88. The van der Waals surface area contributed by atoms with E-state index in [1.807, 2.05) is 19.1 Å². The Labute approximate surface area is 111 Å². The van der Waals surface area contributed by atoms with Crippen molar-refractivity contribution in [3.63, 3.8) is 0 Å². The maximum Gasteiger partial charge on any atom is 0.183 e. The molecule has 0 saturated heterocycles. The van der Waals surface area contributed by atoms with Gasteiger partial charge in [0, 0.05) is 11.3 Å². The summed E-state index contributed by atoms with van der Waals surface area (Å²) in [5.41, 5.74) is 2.41. The molecule has 1 aliphatic rings. The summed E-state index contributed by atoms with van der Waals surface area (Å²) in [6, 6.07) is 8.24. The van der Waals surface area contributed by atoms with Crippen molar-refractivity contribution in [2.75, 3.05) is 11.9 Å². The average molecular weight is 260 g/mol. The van der Waals surface area contributed by atoms with Crippen molar-refractivity contribution in [2.24, 2.45) is 0 Å². The van der Waals surface area contributed by atoms with E-state index in [-0.39, 0.29) is 6.10 Å². The van der Waals surface area contributed by atoms with E-state index in [1.165, 1.54) is 10.4 Å². The van der Waals surface area contributed by atoms with Gasteiger partial charge < -0.3 is 10.1 Å². The van der Waals surface area contributed by atoms with E-state index < -0.39 is 0 Å². The van der Waals surface area contributed by atoms with E-state index in [4.69, 9.17) is 4.74 Å². The van der Waals surface area contributed by atoms with E-state index in [1.54, 1.807) is 11.3 Å². The maximum absolute atomic E-state index is 5.88. The Morgan fingerprint density at radius 1 is 1.39 bits per heavy atom. The number of nitrogens with zero attached hydrogens (tertiary/aromatic N) is 1. The predicted molar refractivity (Wildman–Crippen MR) is 74.6 cm³/mol. The molecule has 94 valence electrons. The van der Waals surface area contributed by atoms with Gasteiger partial charge in [0.1, 0.15) is 11.9 Å². The average Bonchev–Trinajstić information content (AvgIpc) is 2.91. The molecule has 0 fully saturated rings. The highest BCUT2D eigenvalue weighted by Gasteiger charge is 2.22. The fourth-order valence-electron chi connectivity index (χ4n) is 2.12. The van der Waals surface area contributed by atoms with Gasteiger partial charge in [-0.25, -0.2) is 4.98 Å². The summed E-state index contributed by atoms with van der Waals surface area (Å²) in [6.07, 6.45) is 1.19. The van der Waals surface area contributed by atoms with Crippen LogP contribution in [0, 0.1) is 13.8 Å². The van der Waals surface area contributed by atoms with E-state index in [9.17, 15) is 0 Å². The van der Waals surface area contributed by atoms with Crippen LogP contribution in [0.2, 0.25) is 0 Å². The van der Waals surface area contributed by atoms with Crippen molar-refractivity contribution in [1.29, 1.82) is 0 Å². The molecule has 0 bridgehead atoms. The molecule has 0 amide bonds. The fourth-order valence-corrected chi connectivity index (χ4v) is 2.94. The first-order chi connectivity index (χ1) is 8.72. The summed E-state index contributed by atoms with van der Waals surface area (Å²) in [6.45, 7) is 4.94. The zero-order valence-corrected chi connectivity index (χ0v) is 11.4. The first-order valence-corrected chi connectivity index (χ1v) is 6.96. The van der Waals surface area contributed by atoms with E-state index in [0.29, 0.717) is 0 Å². The molecule has 1 unspecified atom stereocenters. The molecule has 4 heteroatoms. The molecule has 2 aromatic rings. The van der Waals surface area contributed by atoms with E-state index in [2.05, 4.69) is 29.4 Å². The van der Waals surface area contributed by atoms with Gasteiger partial charge in [-0.3, -0.25) is 0 Å². The van der Waals surface area contributed by atoms with Crippen LogP contribution >= 0.6 is 11.3 Å². The normalized spacial score (nSPS) is 17.3. The van der Waals surface area contributed by atoms with Crippen LogP contribution in [-0.4, -0.2) is 17.6 Å². The van der Waals surface area contributed by atoms with Gasteiger partial charge in [-0.15, -0.1) is 11.3 Å². The van der Waals surface area contributed by atoms with E-state index in [0.717, 1.165) is 29.5 Å². The second-order valence-electron chi connectivity index (χ2n) is 4.59. The number of ether oxygens (including phenoxy) is 1. The SMILES string of the molecule is Cc1nc(NCC2Cc3ccccc3O2)sc1C. The smallest absolute Gasteiger partial charge is 0.183 e. The van der Waals surface area contributed by atoms with E-state index >= 15 is 0 Å². The Balaban J connectivity index is 1.60. The first-order valence-electron chi connectivity index (χ1n) is 6.15. The van der Waals surface area contributed by atoms with Crippen molar-refractivity contribution < 1.29 is 4.74 Å². The van der Waals surface area contributed by atoms with Crippen LogP contribution in [0.15, 0.2) is 24.3 Å².